The molecule has 2 N–H and O–H groups in total. The molecule has 0 unspecified atom stereocenters. The molecule has 0 aromatic heterocycles. The summed E-state index contributed by atoms with van der Waals surface area (Å²) in [7, 11) is 0. The fraction of sp³-hybridized carbons (Fsp3) is 0.455. The second-order valence-electron chi connectivity index (χ2n) is 8.64. The lowest BCUT2D eigenvalue weighted by Gasteiger charge is -2.28. The first-order valence-electron chi connectivity index (χ1n) is 8.76. The van der Waals surface area contributed by atoms with Gasteiger partial charge in [0, 0.05) is 17.0 Å². The Bertz CT molecular complexity index is 739. The summed E-state index contributed by atoms with van der Waals surface area (Å²) in [5.74, 6) is 1.29. The maximum absolute atomic E-state index is 10.9. The van der Waals surface area contributed by atoms with E-state index in [0.29, 0.717) is 5.75 Å². The van der Waals surface area contributed by atoms with Crippen LogP contribution in [0.25, 0.3) is 0 Å². The Hall–Kier alpha value is -1.61. The smallest absolute Gasteiger partial charge is 0.142 e. The number of phenolic OH excluding ortho intramolecular Hbond substituents is 1. The van der Waals surface area contributed by atoms with Gasteiger partial charge in [-0.2, -0.15) is 11.8 Å². The van der Waals surface area contributed by atoms with Gasteiger partial charge < -0.3 is 10.4 Å². The molecule has 0 radical (unpaired) electrons. The van der Waals surface area contributed by atoms with Gasteiger partial charge in [0.05, 0.1) is 5.69 Å². The average Bonchev–Trinajstić information content (AvgIpc) is 2.49. The van der Waals surface area contributed by atoms with Crippen molar-refractivity contribution in [3.8, 4) is 5.75 Å². The highest BCUT2D eigenvalue weighted by Crippen LogP contribution is 2.41. The lowest BCUT2D eigenvalue weighted by Crippen LogP contribution is -2.17. The van der Waals surface area contributed by atoms with Crippen LogP contribution < -0.4 is 5.32 Å². The Balaban J connectivity index is 2.58. The summed E-state index contributed by atoms with van der Waals surface area (Å²) < 4.78 is 0. The van der Waals surface area contributed by atoms with Crippen molar-refractivity contribution >= 4 is 23.1 Å². The monoisotopic (exact) mass is 357 g/mol. The van der Waals surface area contributed by atoms with Crippen LogP contribution in [-0.2, 0) is 16.6 Å². The predicted molar refractivity (Wildman–Crippen MR) is 112 cm³/mol. The normalized spacial score (nSPS) is 12.3. The van der Waals surface area contributed by atoms with Crippen molar-refractivity contribution in [3.63, 3.8) is 0 Å². The minimum absolute atomic E-state index is 0.0168. The van der Waals surface area contributed by atoms with Crippen molar-refractivity contribution in [2.24, 2.45) is 0 Å². The molecule has 0 aliphatic heterocycles. The predicted octanol–water partition coefficient (Wildman–Crippen LogP) is 6.59. The largest absolute Gasteiger partial charge is 0.505 e. The molecule has 25 heavy (non-hydrogen) atoms. The van der Waals surface area contributed by atoms with Crippen LogP contribution in [0.3, 0.4) is 0 Å². The highest BCUT2D eigenvalue weighted by Gasteiger charge is 2.25. The van der Waals surface area contributed by atoms with E-state index in [1.54, 1.807) is 11.8 Å². The van der Waals surface area contributed by atoms with Crippen molar-refractivity contribution in [1.29, 1.82) is 0 Å². The molecular formula is C22H31NOS. The maximum Gasteiger partial charge on any atom is 0.142 e. The van der Waals surface area contributed by atoms with Crippen LogP contribution >= 0.6 is 11.8 Å². The number of hydrogen-bond acceptors (Lipinski definition) is 3. The van der Waals surface area contributed by atoms with Gasteiger partial charge in [-0.05, 0) is 40.3 Å². The van der Waals surface area contributed by atoms with Gasteiger partial charge in [-0.1, -0.05) is 65.8 Å². The highest BCUT2D eigenvalue weighted by molar-refractivity contribution is 7.97. The van der Waals surface area contributed by atoms with Crippen molar-refractivity contribution in [1.82, 2.24) is 0 Å². The summed E-state index contributed by atoms with van der Waals surface area (Å²) >= 11 is 1.80. The quantitative estimate of drug-likeness (QED) is 0.605. The second-order valence-corrected chi connectivity index (χ2v) is 9.50. The lowest BCUT2D eigenvalue weighted by molar-refractivity contribution is 0.447. The third-order valence-corrected chi connectivity index (χ3v) is 4.97. The number of benzene rings is 2. The Morgan fingerprint density at radius 2 is 1.56 bits per heavy atom. The van der Waals surface area contributed by atoms with Gasteiger partial charge in [-0.25, -0.2) is 0 Å². The number of thioether (sulfide) groups is 1. The fourth-order valence-corrected chi connectivity index (χ4v) is 3.37. The van der Waals surface area contributed by atoms with Crippen molar-refractivity contribution in [2.75, 3.05) is 11.6 Å². The van der Waals surface area contributed by atoms with Crippen molar-refractivity contribution < 1.29 is 5.11 Å². The molecule has 0 fully saturated rings. The Labute approximate surface area is 157 Å². The van der Waals surface area contributed by atoms with Crippen LogP contribution in [0.2, 0.25) is 0 Å². The fourth-order valence-electron chi connectivity index (χ4n) is 2.80. The first-order chi connectivity index (χ1) is 11.5. The summed E-state index contributed by atoms with van der Waals surface area (Å²) in [5, 5.41) is 14.4. The Morgan fingerprint density at radius 3 is 2.12 bits per heavy atom. The number of phenols is 1. The molecule has 0 aliphatic rings. The minimum atomic E-state index is -0.124. The number of nitrogens with one attached hydrogen (secondary N) is 1. The van der Waals surface area contributed by atoms with E-state index < -0.39 is 0 Å². The molecule has 2 aromatic carbocycles. The maximum atomic E-state index is 10.9. The van der Waals surface area contributed by atoms with Gasteiger partial charge >= 0.3 is 0 Å². The van der Waals surface area contributed by atoms with E-state index in [1.807, 2.05) is 6.07 Å². The van der Waals surface area contributed by atoms with Gasteiger partial charge in [0.1, 0.15) is 5.75 Å². The summed E-state index contributed by atoms with van der Waals surface area (Å²) in [6.07, 6.45) is 2.10. The van der Waals surface area contributed by atoms with Crippen LogP contribution in [0, 0.1) is 0 Å². The van der Waals surface area contributed by atoms with Crippen LogP contribution in [0.5, 0.6) is 5.75 Å². The third kappa shape index (κ3) is 4.72. The van der Waals surface area contributed by atoms with Crippen LogP contribution in [0.1, 0.15) is 58.2 Å². The van der Waals surface area contributed by atoms with E-state index >= 15 is 0 Å². The number of para-hydroxylation sites is 1. The van der Waals surface area contributed by atoms with Gasteiger partial charge in [-0.3, -0.25) is 0 Å². The molecule has 2 rings (SSSR count). The molecule has 136 valence electrons. The molecule has 0 aliphatic carbocycles. The summed E-state index contributed by atoms with van der Waals surface area (Å²) in [4.78, 5) is 0. The molecule has 2 nitrogen and oxygen atoms in total. The van der Waals surface area contributed by atoms with Gasteiger partial charge in [0.15, 0.2) is 0 Å². The number of hydrogen-bond donors (Lipinski definition) is 2. The summed E-state index contributed by atoms with van der Waals surface area (Å²) in [6, 6.07) is 12.5. The SMILES string of the molecule is CSCc1ccccc1Nc1cc(C(C)(C)C)cc(C(C)(C)C)c1O. The third-order valence-electron chi connectivity index (χ3n) is 4.37. The summed E-state index contributed by atoms with van der Waals surface area (Å²) in [5.41, 5.74) is 5.17. The molecule has 3 heteroatoms. The summed E-state index contributed by atoms with van der Waals surface area (Å²) in [6.45, 7) is 13.0. The standard InChI is InChI=1S/C22H31NOS/c1-21(2,3)16-12-17(22(4,5)6)20(24)19(13-16)23-18-11-9-8-10-15(18)14-25-7/h8-13,23-24H,14H2,1-7H3. The lowest BCUT2D eigenvalue weighted by atomic mass is 9.79. The van der Waals surface area contributed by atoms with Crippen LogP contribution in [0.4, 0.5) is 11.4 Å². The number of anilines is 2. The van der Waals surface area contributed by atoms with Crippen LogP contribution in [0.15, 0.2) is 36.4 Å². The highest BCUT2D eigenvalue weighted by atomic mass is 32.2. The minimum Gasteiger partial charge on any atom is -0.505 e. The zero-order valence-electron chi connectivity index (χ0n) is 16.5. The average molecular weight is 358 g/mol. The molecule has 2 aromatic rings. The second kappa shape index (κ2) is 7.33. The molecule has 0 atom stereocenters. The van der Waals surface area contributed by atoms with Crippen LogP contribution in [-0.4, -0.2) is 11.4 Å². The van der Waals surface area contributed by atoms with Gasteiger partial charge in [0.25, 0.3) is 0 Å². The van der Waals surface area contributed by atoms with E-state index in [1.165, 1.54) is 11.1 Å². The van der Waals surface area contributed by atoms with Crippen molar-refractivity contribution in [2.45, 2.75) is 58.1 Å². The Morgan fingerprint density at radius 1 is 0.920 bits per heavy atom. The van der Waals surface area contributed by atoms with Gasteiger partial charge in [0.2, 0.25) is 0 Å². The zero-order chi connectivity index (χ0) is 18.8. The molecule has 0 bridgehead atoms. The molecule has 0 saturated carbocycles. The van der Waals surface area contributed by atoms with Gasteiger partial charge in [-0.15, -0.1) is 0 Å². The Kier molecular flexibility index (Phi) is 5.78. The topological polar surface area (TPSA) is 32.3 Å². The van der Waals surface area contributed by atoms with E-state index in [-0.39, 0.29) is 10.8 Å². The number of aromatic hydroxyl groups is 1. The molecule has 0 spiro atoms. The molecule has 0 amide bonds. The zero-order valence-corrected chi connectivity index (χ0v) is 17.3. The van der Waals surface area contributed by atoms with Crippen molar-refractivity contribution in [3.05, 3.63) is 53.1 Å². The first kappa shape index (κ1) is 19.7. The molecule has 0 heterocycles. The number of rotatable bonds is 4. The van der Waals surface area contributed by atoms with E-state index in [9.17, 15) is 5.11 Å². The van der Waals surface area contributed by atoms with E-state index in [0.717, 1.165) is 22.7 Å². The van der Waals surface area contributed by atoms with E-state index in [2.05, 4.69) is 83.4 Å². The first-order valence-corrected chi connectivity index (χ1v) is 10.1. The molecular weight excluding hydrogens is 326 g/mol. The molecule has 0 saturated heterocycles. The van der Waals surface area contributed by atoms with E-state index in [4.69, 9.17) is 0 Å².